The zero-order chi connectivity index (χ0) is 14.5. The van der Waals surface area contributed by atoms with Crippen LogP contribution in [0.2, 0.25) is 0 Å². The fraction of sp³-hybridized carbons (Fsp3) is 0.647. The van der Waals surface area contributed by atoms with Gasteiger partial charge in [0.1, 0.15) is 11.9 Å². The molecule has 1 aromatic carbocycles. The lowest BCUT2D eigenvalue weighted by Crippen LogP contribution is -2.44. The van der Waals surface area contributed by atoms with Crippen LogP contribution in [0.25, 0.3) is 0 Å². The highest BCUT2D eigenvalue weighted by Crippen LogP contribution is 2.22. The third-order valence-electron chi connectivity index (χ3n) is 3.21. The number of ether oxygens (including phenoxy) is 1. The standard InChI is InChI=1S/C17H29NO/c1-7-14-10-8-9-11-15(14)19-16(13(2)3)12-18-17(4,5)6/h8-11,13,16,18H,7,12H2,1-6H3. The van der Waals surface area contributed by atoms with Crippen molar-refractivity contribution in [3.63, 3.8) is 0 Å². The van der Waals surface area contributed by atoms with E-state index in [2.05, 4.69) is 65.1 Å². The third kappa shape index (κ3) is 5.65. The molecule has 0 fully saturated rings. The maximum atomic E-state index is 6.23. The van der Waals surface area contributed by atoms with E-state index in [0.717, 1.165) is 18.7 Å². The first-order chi connectivity index (χ1) is 8.83. The van der Waals surface area contributed by atoms with Gasteiger partial charge in [0.25, 0.3) is 0 Å². The maximum absolute atomic E-state index is 6.23. The second-order valence-corrected chi connectivity index (χ2v) is 6.49. The molecule has 1 N–H and O–H groups in total. The van der Waals surface area contributed by atoms with Crippen molar-refractivity contribution in [2.75, 3.05) is 6.54 Å². The largest absolute Gasteiger partial charge is 0.489 e. The van der Waals surface area contributed by atoms with Crippen LogP contribution in [-0.2, 0) is 6.42 Å². The lowest BCUT2D eigenvalue weighted by Gasteiger charge is -2.28. The van der Waals surface area contributed by atoms with E-state index >= 15 is 0 Å². The van der Waals surface area contributed by atoms with Crippen LogP contribution in [0.1, 0.15) is 47.1 Å². The SMILES string of the molecule is CCc1ccccc1OC(CNC(C)(C)C)C(C)C. The summed E-state index contributed by atoms with van der Waals surface area (Å²) in [6.07, 6.45) is 1.21. The molecule has 1 aromatic rings. The first-order valence-electron chi connectivity index (χ1n) is 7.33. The normalized spacial score (nSPS) is 13.6. The number of aryl methyl sites for hydroxylation is 1. The Bertz CT molecular complexity index is 379. The van der Waals surface area contributed by atoms with E-state index in [0.29, 0.717) is 5.92 Å². The summed E-state index contributed by atoms with van der Waals surface area (Å²) < 4.78 is 6.23. The molecule has 0 heterocycles. The van der Waals surface area contributed by atoms with Crippen molar-refractivity contribution in [1.29, 1.82) is 0 Å². The molecule has 19 heavy (non-hydrogen) atoms. The monoisotopic (exact) mass is 263 g/mol. The Kier molecular flexibility index (Phi) is 5.86. The van der Waals surface area contributed by atoms with Gasteiger partial charge in [0.2, 0.25) is 0 Å². The van der Waals surface area contributed by atoms with Crippen molar-refractivity contribution >= 4 is 0 Å². The Morgan fingerprint density at radius 1 is 1.16 bits per heavy atom. The summed E-state index contributed by atoms with van der Waals surface area (Å²) in [7, 11) is 0. The van der Waals surface area contributed by atoms with Gasteiger partial charge in [-0.3, -0.25) is 0 Å². The average molecular weight is 263 g/mol. The fourth-order valence-electron chi connectivity index (χ4n) is 1.89. The van der Waals surface area contributed by atoms with Crippen LogP contribution >= 0.6 is 0 Å². The van der Waals surface area contributed by atoms with Gasteiger partial charge < -0.3 is 10.1 Å². The van der Waals surface area contributed by atoms with Crippen LogP contribution in [0.15, 0.2) is 24.3 Å². The van der Waals surface area contributed by atoms with Crippen molar-refractivity contribution in [3.8, 4) is 5.75 Å². The molecule has 0 spiro atoms. The van der Waals surface area contributed by atoms with Crippen molar-refractivity contribution in [1.82, 2.24) is 5.32 Å². The molecule has 2 heteroatoms. The van der Waals surface area contributed by atoms with Gasteiger partial charge in [0, 0.05) is 12.1 Å². The van der Waals surface area contributed by atoms with E-state index < -0.39 is 0 Å². The van der Waals surface area contributed by atoms with Gasteiger partial charge >= 0.3 is 0 Å². The van der Waals surface area contributed by atoms with Gasteiger partial charge in [-0.15, -0.1) is 0 Å². The Hall–Kier alpha value is -1.02. The average Bonchev–Trinajstić information content (AvgIpc) is 2.33. The smallest absolute Gasteiger partial charge is 0.122 e. The minimum atomic E-state index is 0.126. The topological polar surface area (TPSA) is 21.3 Å². The van der Waals surface area contributed by atoms with Gasteiger partial charge in [-0.05, 0) is 44.7 Å². The molecule has 0 aliphatic carbocycles. The van der Waals surface area contributed by atoms with Crippen molar-refractivity contribution in [2.24, 2.45) is 5.92 Å². The molecule has 0 amide bonds. The predicted molar refractivity (Wildman–Crippen MR) is 82.8 cm³/mol. The summed E-state index contributed by atoms with van der Waals surface area (Å²) in [4.78, 5) is 0. The second-order valence-electron chi connectivity index (χ2n) is 6.49. The molecule has 1 rings (SSSR count). The summed E-state index contributed by atoms with van der Waals surface area (Å²) in [6.45, 7) is 14.0. The molecule has 0 bridgehead atoms. The van der Waals surface area contributed by atoms with E-state index in [1.165, 1.54) is 5.56 Å². The van der Waals surface area contributed by atoms with Gasteiger partial charge in [0.05, 0.1) is 0 Å². The van der Waals surface area contributed by atoms with E-state index in [1.54, 1.807) is 0 Å². The summed E-state index contributed by atoms with van der Waals surface area (Å²) in [6, 6.07) is 8.34. The quantitative estimate of drug-likeness (QED) is 0.836. The first kappa shape index (κ1) is 16.0. The van der Waals surface area contributed by atoms with Crippen LogP contribution in [-0.4, -0.2) is 18.2 Å². The molecule has 0 aliphatic rings. The number of benzene rings is 1. The highest BCUT2D eigenvalue weighted by atomic mass is 16.5. The van der Waals surface area contributed by atoms with Crippen LogP contribution in [0, 0.1) is 5.92 Å². The number of hydrogen-bond acceptors (Lipinski definition) is 2. The Balaban J connectivity index is 2.73. The van der Waals surface area contributed by atoms with Crippen molar-refractivity contribution in [2.45, 2.75) is 59.6 Å². The molecule has 0 saturated heterocycles. The lowest BCUT2D eigenvalue weighted by molar-refractivity contribution is 0.138. The second kappa shape index (κ2) is 6.95. The van der Waals surface area contributed by atoms with Gasteiger partial charge in [-0.1, -0.05) is 39.0 Å². The molecule has 2 nitrogen and oxygen atoms in total. The zero-order valence-electron chi connectivity index (χ0n) is 13.3. The zero-order valence-corrected chi connectivity index (χ0v) is 13.3. The number of rotatable bonds is 6. The molecule has 0 aliphatic heterocycles. The lowest BCUT2D eigenvalue weighted by atomic mass is 10.0. The van der Waals surface area contributed by atoms with Crippen LogP contribution in [0.5, 0.6) is 5.75 Å². The summed E-state index contributed by atoms with van der Waals surface area (Å²) in [5, 5.41) is 3.54. The fourth-order valence-corrected chi connectivity index (χ4v) is 1.89. The Morgan fingerprint density at radius 2 is 1.79 bits per heavy atom. The van der Waals surface area contributed by atoms with Crippen LogP contribution < -0.4 is 10.1 Å². The van der Waals surface area contributed by atoms with Crippen LogP contribution in [0.3, 0.4) is 0 Å². The molecular weight excluding hydrogens is 234 g/mol. The molecule has 0 aromatic heterocycles. The van der Waals surface area contributed by atoms with E-state index in [9.17, 15) is 0 Å². The van der Waals surface area contributed by atoms with E-state index in [1.807, 2.05) is 6.07 Å². The molecule has 108 valence electrons. The Morgan fingerprint density at radius 3 is 2.32 bits per heavy atom. The highest BCUT2D eigenvalue weighted by Gasteiger charge is 2.19. The van der Waals surface area contributed by atoms with Crippen molar-refractivity contribution < 1.29 is 4.74 Å². The van der Waals surface area contributed by atoms with Gasteiger partial charge in [-0.25, -0.2) is 0 Å². The maximum Gasteiger partial charge on any atom is 0.122 e. The highest BCUT2D eigenvalue weighted by molar-refractivity contribution is 5.33. The van der Waals surface area contributed by atoms with E-state index in [4.69, 9.17) is 4.74 Å². The predicted octanol–water partition coefficient (Wildman–Crippen LogP) is 4.04. The minimum absolute atomic E-state index is 0.126. The van der Waals surface area contributed by atoms with Crippen molar-refractivity contribution in [3.05, 3.63) is 29.8 Å². The first-order valence-corrected chi connectivity index (χ1v) is 7.33. The third-order valence-corrected chi connectivity index (χ3v) is 3.21. The minimum Gasteiger partial charge on any atom is -0.489 e. The molecule has 0 radical (unpaired) electrons. The summed E-state index contributed by atoms with van der Waals surface area (Å²) >= 11 is 0. The number of nitrogens with one attached hydrogen (secondary N) is 1. The van der Waals surface area contributed by atoms with Crippen LogP contribution in [0.4, 0.5) is 0 Å². The molecule has 0 saturated carbocycles. The number of hydrogen-bond donors (Lipinski definition) is 1. The molecular formula is C17H29NO. The summed E-state index contributed by atoms with van der Waals surface area (Å²) in [5.74, 6) is 1.51. The molecule has 1 atom stereocenters. The molecule has 1 unspecified atom stereocenters. The van der Waals surface area contributed by atoms with Gasteiger partial charge in [0.15, 0.2) is 0 Å². The number of para-hydroxylation sites is 1. The van der Waals surface area contributed by atoms with Gasteiger partial charge in [-0.2, -0.15) is 0 Å². The van der Waals surface area contributed by atoms with E-state index in [-0.39, 0.29) is 11.6 Å². The summed E-state index contributed by atoms with van der Waals surface area (Å²) in [5.41, 5.74) is 1.41. The Labute approximate surface area is 118 Å².